The van der Waals surface area contributed by atoms with E-state index in [0.29, 0.717) is 15.0 Å². The van der Waals surface area contributed by atoms with E-state index in [1.165, 1.54) is 20.2 Å². The van der Waals surface area contributed by atoms with Crippen LogP contribution in [0.5, 0.6) is 0 Å². The van der Waals surface area contributed by atoms with Gasteiger partial charge in [0.2, 0.25) is 0 Å². The molecule has 1 N–H and O–H groups in total. The standard InChI is InChI=1S/C19H17NSe/c1-3-9-16(10-4-1)15-20-18-13-7-8-14-19(18)21-17-11-5-2-6-12-17/h1-14,20H,15H2. The van der Waals surface area contributed by atoms with Gasteiger partial charge in [-0.2, -0.15) is 0 Å². The fraction of sp³-hybridized carbons (Fsp3) is 0.0526. The number of para-hydroxylation sites is 1. The summed E-state index contributed by atoms with van der Waals surface area (Å²) in [6.45, 7) is 0.864. The second-order valence-electron chi connectivity index (χ2n) is 4.75. The van der Waals surface area contributed by atoms with E-state index in [1.54, 1.807) is 0 Å². The summed E-state index contributed by atoms with van der Waals surface area (Å²) in [6.07, 6.45) is 0. The average molecular weight is 338 g/mol. The first kappa shape index (κ1) is 13.9. The predicted molar refractivity (Wildman–Crippen MR) is 91.7 cm³/mol. The summed E-state index contributed by atoms with van der Waals surface area (Å²) in [5.74, 6) is 0. The summed E-state index contributed by atoms with van der Waals surface area (Å²) in [4.78, 5) is 0. The van der Waals surface area contributed by atoms with Crippen LogP contribution in [0.1, 0.15) is 5.56 Å². The van der Waals surface area contributed by atoms with Crippen LogP contribution in [0.15, 0.2) is 84.9 Å². The molecular weight excluding hydrogens is 321 g/mol. The summed E-state index contributed by atoms with van der Waals surface area (Å²) < 4.78 is 2.80. The van der Waals surface area contributed by atoms with E-state index >= 15 is 0 Å². The SMILES string of the molecule is c1ccc(CNc2ccccc2[Se]c2ccccc2)cc1. The molecule has 3 aromatic rings. The van der Waals surface area contributed by atoms with Crippen LogP contribution in [0.3, 0.4) is 0 Å². The molecule has 3 aromatic carbocycles. The van der Waals surface area contributed by atoms with Gasteiger partial charge in [0.25, 0.3) is 0 Å². The van der Waals surface area contributed by atoms with Gasteiger partial charge >= 0.3 is 132 Å². The maximum atomic E-state index is 3.57. The zero-order valence-corrected chi connectivity index (χ0v) is 13.4. The van der Waals surface area contributed by atoms with Crippen molar-refractivity contribution in [2.45, 2.75) is 6.54 Å². The van der Waals surface area contributed by atoms with E-state index in [4.69, 9.17) is 0 Å². The summed E-state index contributed by atoms with van der Waals surface area (Å²) in [5, 5.41) is 3.57. The second-order valence-corrected chi connectivity index (χ2v) is 7.09. The van der Waals surface area contributed by atoms with Gasteiger partial charge in [-0.05, 0) is 0 Å². The summed E-state index contributed by atoms with van der Waals surface area (Å²) >= 11 is 0.335. The van der Waals surface area contributed by atoms with E-state index in [0.717, 1.165) is 6.54 Å². The number of hydrogen-bond donors (Lipinski definition) is 1. The van der Waals surface area contributed by atoms with Crippen LogP contribution < -0.4 is 14.2 Å². The number of anilines is 1. The van der Waals surface area contributed by atoms with Gasteiger partial charge in [-0.1, -0.05) is 0 Å². The Kier molecular flexibility index (Phi) is 4.73. The summed E-state index contributed by atoms with van der Waals surface area (Å²) in [5.41, 5.74) is 2.55. The Morgan fingerprint density at radius 2 is 1.29 bits per heavy atom. The van der Waals surface area contributed by atoms with E-state index in [1.807, 2.05) is 0 Å². The Balaban J connectivity index is 1.73. The zero-order valence-electron chi connectivity index (χ0n) is 11.7. The van der Waals surface area contributed by atoms with Gasteiger partial charge in [0.15, 0.2) is 0 Å². The second kappa shape index (κ2) is 7.12. The molecule has 3 rings (SSSR count). The predicted octanol–water partition coefficient (Wildman–Crippen LogP) is 2.95. The van der Waals surface area contributed by atoms with E-state index in [2.05, 4.69) is 90.2 Å². The van der Waals surface area contributed by atoms with Crippen molar-refractivity contribution in [2.75, 3.05) is 5.32 Å². The molecule has 0 unspecified atom stereocenters. The van der Waals surface area contributed by atoms with Crippen molar-refractivity contribution in [3.63, 3.8) is 0 Å². The van der Waals surface area contributed by atoms with Gasteiger partial charge in [0.1, 0.15) is 0 Å². The molecule has 1 nitrogen and oxygen atoms in total. The van der Waals surface area contributed by atoms with Crippen LogP contribution >= 0.6 is 0 Å². The Morgan fingerprint density at radius 1 is 0.667 bits per heavy atom. The van der Waals surface area contributed by atoms with Crippen molar-refractivity contribution in [3.05, 3.63) is 90.5 Å². The zero-order chi connectivity index (χ0) is 14.3. The van der Waals surface area contributed by atoms with Gasteiger partial charge in [-0.25, -0.2) is 0 Å². The number of rotatable bonds is 5. The third kappa shape index (κ3) is 3.98. The number of benzene rings is 3. The molecule has 0 aromatic heterocycles. The maximum absolute atomic E-state index is 3.57. The molecule has 0 radical (unpaired) electrons. The van der Waals surface area contributed by atoms with Crippen molar-refractivity contribution in [2.24, 2.45) is 0 Å². The van der Waals surface area contributed by atoms with Crippen LogP contribution in [0, 0.1) is 0 Å². The Morgan fingerprint density at radius 3 is 2.05 bits per heavy atom. The van der Waals surface area contributed by atoms with Gasteiger partial charge in [0, 0.05) is 0 Å². The molecule has 0 aliphatic carbocycles. The molecule has 0 aliphatic heterocycles. The minimum absolute atomic E-state index is 0.335. The molecule has 0 amide bonds. The number of hydrogen-bond acceptors (Lipinski definition) is 1. The topological polar surface area (TPSA) is 12.0 Å². The van der Waals surface area contributed by atoms with Crippen molar-refractivity contribution in [1.82, 2.24) is 0 Å². The Bertz CT molecular complexity index is 680. The minimum atomic E-state index is 0.335. The fourth-order valence-electron chi connectivity index (χ4n) is 2.11. The van der Waals surface area contributed by atoms with Crippen molar-refractivity contribution < 1.29 is 0 Å². The molecule has 21 heavy (non-hydrogen) atoms. The normalized spacial score (nSPS) is 10.3. The molecule has 104 valence electrons. The third-order valence-electron chi connectivity index (χ3n) is 3.18. The van der Waals surface area contributed by atoms with Crippen LogP contribution in [-0.2, 0) is 6.54 Å². The molecule has 0 spiro atoms. The molecule has 0 heterocycles. The van der Waals surface area contributed by atoms with Gasteiger partial charge in [-0.3, -0.25) is 0 Å². The fourth-order valence-corrected chi connectivity index (χ4v) is 4.09. The van der Waals surface area contributed by atoms with Gasteiger partial charge in [0.05, 0.1) is 0 Å². The monoisotopic (exact) mass is 339 g/mol. The average Bonchev–Trinajstić information content (AvgIpc) is 2.56. The first-order valence-corrected chi connectivity index (χ1v) is 8.73. The molecule has 0 bridgehead atoms. The Labute approximate surface area is 132 Å². The molecule has 0 fully saturated rings. The van der Waals surface area contributed by atoms with Crippen molar-refractivity contribution >= 4 is 29.6 Å². The Hall–Kier alpha value is -2.02. The van der Waals surface area contributed by atoms with Crippen molar-refractivity contribution in [3.8, 4) is 0 Å². The van der Waals surface area contributed by atoms with E-state index in [-0.39, 0.29) is 0 Å². The van der Waals surface area contributed by atoms with Crippen LogP contribution in [0.2, 0.25) is 0 Å². The molecular formula is C19H17NSe. The molecule has 0 saturated carbocycles. The molecule has 2 heteroatoms. The molecule has 0 saturated heterocycles. The third-order valence-corrected chi connectivity index (χ3v) is 5.46. The number of nitrogens with one attached hydrogen (secondary N) is 1. The van der Waals surface area contributed by atoms with Gasteiger partial charge in [-0.15, -0.1) is 0 Å². The van der Waals surface area contributed by atoms with Gasteiger partial charge < -0.3 is 0 Å². The van der Waals surface area contributed by atoms with Crippen LogP contribution in [0.25, 0.3) is 0 Å². The first-order chi connectivity index (χ1) is 10.4. The molecule has 0 atom stereocenters. The van der Waals surface area contributed by atoms with Crippen LogP contribution in [0.4, 0.5) is 5.69 Å². The van der Waals surface area contributed by atoms with Crippen molar-refractivity contribution in [1.29, 1.82) is 0 Å². The van der Waals surface area contributed by atoms with E-state index in [9.17, 15) is 0 Å². The first-order valence-electron chi connectivity index (χ1n) is 7.01. The summed E-state index contributed by atoms with van der Waals surface area (Å²) in [6, 6.07) is 29.8. The molecule has 0 aliphatic rings. The van der Waals surface area contributed by atoms with Crippen LogP contribution in [-0.4, -0.2) is 15.0 Å². The quantitative estimate of drug-likeness (QED) is 0.706. The summed E-state index contributed by atoms with van der Waals surface area (Å²) in [7, 11) is 0. The van der Waals surface area contributed by atoms with E-state index < -0.39 is 0 Å².